The molecule has 0 saturated heterocycles. The molecule has 2 aromatic heterocycles. The molecule has 1 N–H and O–H groups in total. The lowest BCUT2D eigenvalue weighted by atomic mass is 10.3. The van der Waals surface area contributed by atoms with Crippen molar-refractivity contribution in [3.8, 4) is 0 Å². The summed E-state index contributed by atoms with van der Waals surface area (Å²) in [4.78, 5) is 5.56. The maximum absolute atomic E-state index is 5.98. The van der Waals surface area contributed by atoms with E-state index in [2.05, 4.69) is 36.8 Å². The topological polar surface area (TPSA) is 29.3 Å². The Bertz CT molecular complexity index is 735. The van der Waals surface area contributed by atoms with Crippen molar-refractivity contribution < 1.29 is 0 Å². The molecule has 3 aromatic rings. The van der Waals surface area contributed by atoms with Gasteiger partial charge < -0.3 is 5.32 Å². The van der Waals surface area contributed by atoms with E-state index in [9.17, 15) is 0 Å². The van der Waals surface area contributed by atoms with E-state index in [1.165, 1.54) is 5.69 Å². The number of imidazole rings is 1. The van der Waals surface area contributed by atoms with Gasteiger partial charge in [0.1, 0.15) is 0 Å². The first-order chi connectivity index (χ1) is 9.15. The van der Waals surface area contributed by atoms with Crippen molar-refractivity contribution >= 4 is 49.5 Å². The van der Waals surface area contributed by atoms with Gasteiger partial charge in [-0.1, -0.05) is 11.6 Å². The molecule has 6 heteroatoms. The number of hydrogen-bond donors (Lipinski definition) is 1. The van der Waals surface area contributed by atoms with E-state index in [4.69, 9.17) is 11.6 Å². The molecule has 0 radical (unpaired) electrons. The van der Waals surface area contributed by atoms with Crippen LogP contribution in [0.1, 0.15) is 11.4 Å². The monoisotopic (exact) mass is 355 g/mol. The van der Waals surface area contributed by atoms with E-state index in [1.807, 2.05) is 30.5 Å². The van der Waals surface area contributed by atoms with Gasteiger partial charge in [0.05, 0.1) is 23.0 Å². The molecule has 0 aliphatic carbocycles. The third kappa shape index (κ3) is 2.50. The van der Waals surface area contributed by atoms with Gasteiger partial charge in [0.25, 0.3) is 0 Å². The lowest BCUT2D eigenvalue weighted by molar-refractivity contribution is 0.994. The second-order valence-corrected chi connectivity index (χ2v) is 6.32. The molecule has 1 aromatic carbocycles. The van der Waals surface area contributed by atoms with Gasteiger partial charge >= 0.3 is 0 Å². The normalized spacial score (nSPS) is 11.1. The summed E-state index contributed by atoms with van der Waals surface area (Å²) >= 11 is 11.1. The first kappa shape index (κ1) is 13.0. The molecule has 0 aliphatic heterocycles. The Balaban J connectivity index is 1.83. The standard InChI is InChI=1S/C13H11BrClN3S/c1-8-12(18-4-5-19-13(18)17-8)7-16-9-2-3-11(15)10(14)6-9/h2-6,16H,7H2,1H3. The maximum Gasteiger partial charge on any atom is 0.194 e. The fourth-order valence-corrected chi connectivity index (χ4v) is 3.22. The van der Waals surface area contributed by atoms with E-state index in [-0.39, 0.29) is 0 Å². The third-order valence-electron chi connectivity index (χ3n) is 2.94. The number of nitrogens with one attached hydrogen (secondary N) is 1. The lowest BCUT2D eigenvalue weighted by Crippen LogP contribution is -2.03. The van der Waals surface area contributed by atoms with Crippen LogP contribution in [-0.4, -0.2) is 9.38 Å². The highest BCUT2D eigenvalue weighted by molar-refractivity contribution is 9.10. The molecular formula is C13H11BrClN3S. The van der Waals surface area contributed by atoms with Gasteiger partial charge in [0.2, 0.25) is 0 Å². The van der Waals surface area contributed by atoms with Gasteiger partial charge in [-0.15, -0.1) is 11.3 Å². The molecular weight excluding hydrogens is 346 g/mol. The lowest BCUT2D eigenvalue weighted by Gasteiger charge is -2.07. The van der Waals surface area contributed by atoms with Crippen LogP contribution < -0.4 is 5.32 Å². The van der Waals surface area contributed by atoms with Crippen LogP contribution in [0.5, 0.6) is 0 Å². The minimum absolute atomic E-state index is 0.714. The number of hydrogen-bond acceptors (Lipinski definition) is 3. The zero-order chi connectivity index (χ0) is 13.4. The Morgan fingerprint density at radius 2 is 2.32 bits per heavy atom. The van der Waals surface area contributed by atoms with Gasteiger partial charge in [-0.3, -0.25) is 4.40 Å². The van der Waals surface area contributed by atoms with Crippen molar-refractivity contribution in [2.24, 2.45) is 0 Å². The number of nitrogens with zero attached hydrogens (tertiary/aromatic N) is 2. The van der Waals surface area contributed by atoms with Gasteiger partial charge in [-0.2, -0.15) is 0 Å². The fraction of sp³-hybridized carbons (Fsp3) is 0.154. The number of halogens is 2. The zero-order valence-electron chi connectivity index (χ0n) is 10.2. The van der Waals surface area contributed by atoms with Crippen molar-refractivity contribution in [3.05, 3.63) is 50.7 Å². The molecule has 0 spiro atoms. The van der Waals surface area contributed by atoms with Crippen molar-refractivity contribution in [2.45, 2.75) is 13.5 Å². The second-order valence-electron chi connectivity index (χ2n) is 4.18. The minimum Gasteiger partial charge on any atom is -0.379 e. The Morgan fingerprint density at radius 3 is 3.11 bits per heavy atom. The molecule has 2 heterocycles. The van der Waals surface area contributed by atoms with Crippen LogP contribution in [0.25, 0.3) is 4.96 Å². The molecule has 0 unspecified atom stereocenters. The van der Waals surface area contributed by atoms with Crippen LogP contribution in [0.4, 0.5) is 5.69 Å². The van der Waals surface area contributed by atoms with Gasteiger partial charge in [0.15, 0.2) is 4.96 Å². The number of anilines is 1. The van der Waals surface area contributed by atoms with Crippen LogP contribution in [0.15, 0.2) is 34.2 Å². The minimum atomic E-state index is 0.714. The number of aryl methyl sites for hydroxylation is 1. The predicted molar refractivity (Wildman–Crippen MR) is 84.3 cm³/mol. The summed E-state index contributed by atoms with van der Waals surface area (Å²) in [5.41, 5.74) is 3.27. The van der Waals surface area contributed by atoms with Gasteiger partial charge in [-0.25, -0.2) is 4.98 Å². The first-order valence-corrected chi connectivity index (χ1v) is 7.80. The highest BCUT2D eigenvalue weighted by Crippen LogP contribution is 2.26. The summed E-state index contributed by atoms with van der Waals surface area (Å²) in [6.07, 6.45) is 2.05. The molecule has 3 rings (SSSR count). The number of rotatable bonds is 3. The summed E-state index contributed by atoms with van der Waals surface area (Å²) in [5.74, 6) is 0. The molecule has 0 fully saturated rings. The Hall–Kier alpha value is -1.04. The smallest absolute Gasteiger partial charge is 0.194 e. The highest BCUT2D eigenvalue weighted by Gasteiger charge is 2.09. The molecule has 0 amide bonds. The van der Waals surface area contributed by atoms with Crippen LogP contribution in [0.3, 0.4) is 0 Å². The van der Waals surface area contributed by atoms with E-state index < -0.39 is 0 Å². The van der Waals surface area contributed by atoms with Crippen LogP contribution in [-0.2, 0) is 6.54 Å². The Labute approximate surface area is 128 Å². The van der Waals surface area contributed by atoms with Gasteiger partial charge in [-0.05, 0) is 41.1 Å². The molecule has 98 valence electrons. The zero-order valence-corrected chi connectivity index (χ0v) is 13.3. The van der Waals surface area contributed by atoms with E-state index >= 15 is 0 Å². The van der Waals surface area contributed by atoms with Crippen molar-refractivity contribution in [1.82, 2.24) is 9.38 Å². The van der Waals surface area contributed by atoms with Crippen molar-refractivity contribution in [1.29, 1.82) is 0 Å². The average Bonchev–Trinajstić information content (AvgIpc) is 2.92. The quantitative estimate of drug-likeness (QED) is 0.735. The third-order valence-corrected chi connectivity index (χ3v) is 4.91. The molecule has 0 aliphatic rings. The molecule has 0 bridgehead atoms. The summed E-state index contributed by atoms with van der Waals surface area (Å²) < 4.78 is 3.02. The van der Waals surface area contributed by atoms with E-state index in [0.29, 0.717) is 5.02 Å². The molecule has 19 heavy (non-hydrogen) atoms. The maximum atomic E-state index is 5.98. The Morgan fingerprint density at radius 1 is 1.47 bits per heavy atom. The largest absolute Gasteiger partial charge is 0.379 e. The first-order valence-electron chi connectivity index (χ1n) is 5.75. The summed E-state index contributed by atoms with van der Waals surface area (Å²) in [5, 5.41) is 6.15. The van der Waals surface area contributed by atoms with E-state index in [0.717, 1.165) is 27.4 Å². The van der Waals surface area contributed by atoms with Crippen LogP contribution in [0.2, 0.25) is 5.02 Å². The second kappa shape index (κ2) is 5.15. The fourth-order valence-electron chi connectivity index (χ4n) is 1.95. The summed E-state index contributed by atoms with van der Waals surface area (Å²) in [6.45, 7) is 2.77. The number of thiazole rings is 1. The van der Waals surface area contributed by atoms with Crippen LogP contribution in [0, 0.1) is 6.92 Å². The SMILES string of the molecule is Cc1nc2sccn2c1CNc1ccc(Cl)c(Br)c1. The predicted octanol–water partition coefficient (Wildman–Crippen LogP) is 4.73. The Kier molecular flexibility index (Phi) is 3.52. The van der Waals surface area contributed by atoms with Crippen molar-refractivity contribution in [3.63, 3.8) is 0 Å². The van der Waals surface area contributed by atoms with Crippen LogP contribution >= 0.6 is 38.9 Å². The summed E-state index contributed by atoms with van der Waals surface area (Å²) in [6, 6.07) is 5.81. The van der Waals surface area contributed by atoms with E-state index in [1.54, 1.807) is 11.3 Å². The number of fused-ring (bicyclic) bond motifs is 1. The summed E-state index contributed by atoms with van der Waals surface area (Å²) in [7, 11) is 0. The van der Waals surface area contributed by atoms with Gasteiger partial charge in [0, 0.05) is 21.7 Å². The number of aromatic nitrogens is 2. The average molecular weight is 357 g/mol. The highest BCUT2D eigenvalue weighted by atomic mass is 79.9. The molecule has 0 saturated carbocycles. The van der Waals surface area contributed by atoms with Crippen molar-refractivity contribution in [2.75, 3.05) is 5.32 Å². The molecule has 3 nitrogen and oxygen atoms in total. The molecule has 0 atom stereocenters. The number of benzene rings is 1.